The lowest BCUT2D eigenvalue weighted by Crippen LogP contribution is -2.31. The molecule has 0 aromatic heterocycles. The summed E-state index contributed by atoms with van der Waals surface area (Å²) in [4.78, 5) is 28.6. The first-order valence-corrected chi connectivity index (χ1v) is 16.9. The van der Waals surface area contributed by atoms with Gasteiger partial charge in [-0.05, 0) is 25.0 Å². The quantitative estimate of drug-likeness (QED) is 0.211. The predicted octanol–water partition coefficient (Wildman–Crippen LogP) is 1.39. The Labute approximate surface area is 279 Å². The highest BCUT2D eigenvalue weighted by Gasteiger charge is 2.43. The number of hydrogen-bond acceptors (Lipinski definition) is 11. The van der Waals surface area contributed by atoms with Gasteiger partial charge in [-0.15, -0.1) is 0 Å². The molecule has 3 aliphatic heterocycles. The number of rotatable bonds is 12. The van der Waals surface area contributed by atoms with E-state index in [1.54, 1.807) is 13.8 Å². The number of hydrogen-bond donors (Lipinski definition) is 5. The molecular formula is C36H55N3O8. The summed E-state index contributed by atoms with van der Waals surface area (Å²) >= 11 is 0. The molecule has 11 heteroatoms. The molecule has 2 aromatic rings. The molecule has 0 aliphatic carbocycles. The normalized spacial score (nSPS) is 25.7. The summed E-state index contributed by atoms with van der Waals surface area (Å²) in [6, 6.07) is 20.3. The van der Waals surface area contributed by atoms with E-state index in [4.69, 9.17) is 19.7 Å². The van der Waals surface area contributed by atoms with Crippen LogP contribution < -0.4 is 5.32 Å². The van der Waals surface area contributed by atoms with Crippen molar-refractivity contribution in [2.75, 3.05) is 78.9 Å². The van der Waals surface area contributed by atoms with Crippen LogP contribution in [0, 0.1) is 35.5 Å². The van der Waals surface area contributed by atoms with Crippen molar-refractivity contribution in [1.82, 2.24) is 15.1 Å². The summed E-state index contributed by atoms with van der Waals surface area (Å²) in [5.74, 6) is -0.495. The molecule has 3 saturated heterocycles. The lowest BCUT2D eigenvalue weighted by atomic mass is 9.96. The third kappa shape index (κ3) is 12.2. The summed E-state index contributed by atoms with van der Waals surface area (Å²) in [5, 5.41) is 39.0. The van der Waals surface area contributed by atoms with Gasteiger partial charge >= 0.3 is 11.9 Å². The van der Waals surface area contributed by atoms with Gasteiger partial charge in [-0.25, -0.2) is 0 Å². The summed E-state index contributed by atoms with van der Waals surface area (Å²) in [7, 11) is 0. The van der Waals surface area contributed by atoms with Crippen LogP contribution in [0.3, 0.4) is 0 Å². The van der Waals surface area contributed by atoms with Crippen molar-refractivity contribution in [3.8, 4) is 0 Å². The SMILES string of the molecule is CCOC(=O)[C@@H]1CN(Cc2ccccc2)C[C@H]1C(=O)OCC.OC[C@@H]1CN(Cc2ccccc2)C[C@H]1CO.OC[C@@H]1CNC[C@H]1CO. The fraction of sp³-hybridized carbons (Fsp3) is 0.611. The van der Waals surface area contributed by atoms with E-state index in [1.807, 2.05) is 48.5 Å². The number of benzene rings is 2. The van der Waals surface area contributed by atoms with Crippen molar-refractivity contribution >= 4 is 11.9 Å². The highest BCUT2D eigenvalue weighted by atomic mass is 16.5. The number of ether oxygens (including phenoxy) is 2. The fourth-order valence-electron chi connectivity index (χ4n) is 6.47. The second kappa shape index (κ2) is 21.1. The summed E-state index contributed by atoms with van der Waals surface area (Å²) in [5.41, 5.74) is 2.45. The zero-order valence-corrected chi connectivity index (χ0v) is 28.0. The number of aliphatic hydroxyl groups is 4. The average molecular weight is 658 g/mol. The van der Waals surface area contributed by atoms with Crippen LogP contribution in [0.1, 0.15) is 25.0 Å². The molecule has 0 saturated carbocycles. The van der Waals surface area contributed by atoms with Crippen molar-refractivity contribution in [3.05, 3.63) is 71.8 Å². The monoisotopic (exact) mass is 657 g/mol. The molecule has 5 N–H and O–H groups in total. The molecular weight excluding hydrogens is 602 g/mol. The van der Waals surface area contributed by atoms with E-state index in [9.17, 15) is 19.8 Å². The van der Waals surface area contributed by atoms with E-state index < -0.39 is 11.8 Å². The molecule has 0 amide bonds. The number of aliphatic hydroxyl groups excluding tert-OH is 4. The Morgan fingerprint density at radius 3 is 1.32 bits per heavy atom. The van der Waals surface area contributed by atoms with Crippen LogP contribution in [-0.2, 0) is 32.2 Å². The van der Waals surface area contributed by atoms with Gasteiger partial charge in [0.25, 0.3) is 0 Å². The van der Waals surface area contributed by atoms with Gasteiger partial charge in [0.15, 0.2) is 0 Å². The van der Waals surface area contributed by atoms with Gasteiger partial charge in [0.1, 0.15) is 0 Å². The third-order valence-electron chi connectivity index (χ3n) is 9.14. The van der Waals surface area contributed by atoms with Crippen LogP contribution in [0.25, 0.3) is 0 Å². The van der Waals surface area contributed by atoms with Gasteiger partial charge in [0, 0.05) is 102 Å². The summed E-state index contributed by atoms with van der Waals surface area (Å²) in [6.45, 7) is 11.1. The third-order valence-corrected chi connectivity index (χ3v) is 9.14. The van der Waals surface area contributed by atoms with Gasteiger partial charge in [0.05, 0.1) is 25.0 Å². The Hall–Kier alpha value is -2.90. The molecule has 0 unspecified atom stereocenters. The maximum atomic E-state index is 12.1. The lowest BCUT2D eigenvalue weighted by molar-refractivity contribution is -0.157. The largest absolute Gasteiger partial charge is 0.466 e. The Morgan fingerprint density at radius 2 is 0.979 bits per heavy atom. The van der Waals surface area contributed by atoms with Crippen molar-refractivity contribution in [3.63, 3.8) is 0 Å². The zero-order chi connectivity index (χ0) is 34.0. The van der Waals surface area contributed by atoms with Crippen molar-refractivity contribution in [2.24, 2.45) is 35.5 Å². The molecule has 262 valence electrons. The van der Waals surface area contributed by atoms with Crippen molar-refractivity contribution in [1.29, 1.82) is 0 Å². The van der Waals surface area contributed by atoms with Crippen LogP contribution in [-0.4, -0.2) is 121 Å². The highest BCUT2D eigenvalue weighted by Crippen LogP contribution is 2.28. The van der Waals surface area contributed by atoms with Crippen LogP contribution >= 0.6 is 0 Å². The maximum Gasteiger partial charge on any atom is 0.311 e. The van der Waals surface area contributed by atoms with E-state index in [0.717, 1.165) is 38.3 Å². The standard InChI is InChI=1S/C17H23NO4.C13H19NO2.C6H13NO2/c1-3-21-16(19)14-11-18(10-13-8-6-5-7-9-13)12-15(14)17(20)22-4-2;15-9-12-7-14(8-13(12)10-16)6-11-4-2-1-3-5-11;8-3-5-1-7-2-6(5)4-9/h5-9,14-15H,3-4,10-12H2,1-2H3;1-5,12-13,15-16H,6-10H2;5-9H,1-4H2/t14-,15-;12-,13-;5-,6-/m100/s1. The van der Waals surface area contributed by atoms with Crippen LogP contribution in [0.15, 0.2) is 60.7 Å². The van der Waals surface area contributed by atoms with Crippen molar-refractivity contribution < 1.29 is 39.5 Å². The Morgan fingerprint density at radius 1 is 0.617 bits per heavy atom. The molecule has 3 fully saturated rings. The topological polar surface area (TPSA) is 152 Å². The van der Waals surface area contributed by atoms with Crippen LogP contribution in [0.5, 0.6) is 0 Å². The molecule has 5 rings (SSSR count). The lowest BCUT2D eigenvalue weighted by Gasteiger charge is -2.15. The highest BCUT2D eigenvalue weighted by molar-refractivity contribution is 5.83. The molecule has 0 bridgehead atoms. The first kappa shape index (κ1) is 38.5. The van der Waals surface area contributed by atoms with Gasteiger partial charge < -0.3 is 35.2 Å². The first-order chi connectivity index (χ1) is 22.9. The smallest absolute Gasteiger partial charge is 0.311 e. The first-order valence-electron chi connectivity index (χ1n) is 16.9. The summed E-state index contributed by atoms with van der Waals surface area (Å²) < 4.78 is 10.2. The Kier molecular flexibility index (Phi) is 17.3. The second-order valence-electron chi connectivity index (χ2n) is 12.5. The number of esters is 2. The molecule has 47 heavy (non-hydrogen) atoms. The minimum atomic E-state index is -0.442. The van der Waals surface area contributed by atoms with E-state index in [-0.39, 0.29) is 62.0 Å². The molecule has 0 spiro atoms. The molecule has 11 nitrogen and oxygen atoms in total. The molecule has 2 aromatic carbocycles. The number of nitrogens with zero attached hydrogens (tertiary/aromatic N) is 2. The van der Waals surface area contributed by atoms with Gasteiger partial charge in [0.2, 0.25) is 0 Å². The number of carbonyl (C=O) groups excluding carboxylic acids is 2. The minimum Gasteiger partial charge on any atom is -0.466 e. The van der Waals surface area contributed by atoms with Gasteiger partial charge in [-0.3, -0.25) is 19.4 Å². The minimum absolute atomic E-state index is 0.177. The predicted molar refractivity (Wildman–Crippen MR) is 179 cm³/mol. The van der Waals surface area contributed by atoms with Gasteiger partial charge in [-0.2, -0.15) is 0 Å². The van der Waals surface area contributed by atoms with Crippen LogP contribution in [0.4, 0.5) is 0 Å². The zero-order valence-electron chi connectivity index (χ0n) is 28.0. The number of carbonyl (C=O) groups is 2. The molecule has 3 aliphatic rings. The molecule has 3 heterocycles. The van der Waals surface area contributed by atoms with Gasteiger partial charge in [-0.1, -0.05) is 60.7 Å². The van der Waals surface area contributed by atoms with Crippen molar-refractivity contribution in [2.45, 2.75) is 26.9 Å². The van der Waals surface area contributed by atoms with E-state index in [2.05, 4.69) is 27.2 Å². The summed E-state index contributed by atoms with van der Waals surface area (Å²) in [6.07, 6.45) is 0. The number of likely N-dealkylation sites (tertiary alicyclic amines) is 2. The Bertz CT molecular complexity index is 1110. The molecule has 0 radical (unpaired) electrons. The van der Waals surface area contributed by atoms with E-state index in [0.29, 0.717) is 32.8 Å². The van der Waals surface area contributed by atoms with Crippen LogP contribution in [0.2, 0.25) is 0 Å². The number of nitrogens with one attached hydrogen (secondary N) is 1. The average Bonchev–Trinajstić information content (AvgIpc) is 3.84. The Balaban J connectivity index is 0.000000209. The molecule has 6 atom stereocenters. The fourth-order valence-corrected chi connectivity index (χ4v) is 6.47. The van der Waals surface area contributed by atoms with E-state index in [1.165, 1.54) is 5.56 Å². The second-order valence-corrected chi connectivity index (χ2v) is 12.5. The van der Waals surface area contributed by atoms with E-state index >= 15 is 0 Å². The maximum absolute atomic E-state index is 12.1.